The van der Waals surface area contributed by atoms with Gasteiger partial charge < -0.3 is 37.9 Å². The summed E-state index contributed by atoms with van der Waals surface area (Å²) in [7, 11) is 0. The van der Waals surface area contributed by atoms with Gasteiger partial charge in [0.2, 0.25) is 6.79 Å². The van der Waals surface area contributed by atoms with Crippen molar-refractivity contribution in [1.82, 2.24) is 0 Å². The molecule has 8 heteroatoms. The van der Waals surface area contributed by atoms with Crippen molar-refractivity contribution >= 4 is 0 Å². The SMILES string of the molecule is CCCCOCCOCCOC(OCCOCCOCCCC)c1ccc2c(c1)OCO2. The topological polar surface area (TPSA) is 73.8 Å². The quantitative estimate of drug-likeness (QED) is 0.202. The summed E-state index contributed by atoms with van der Waals surface area (Å²) >= 11 is 0. The highest BCUT2D eigenvalue weighted by Gasteiger charge is 2.19. The highest BCUT2D eigenvalue weighted by molar-refractivity contribution is 5.44. The first-order valence-electron chi connectivity index (χ1n) is 11.8. The van der Waals surface area contributed by atoms with Crippen LogP contribution >= 0.6 is 0 Å². The van der Waals surface area contributed by atoms with Gasteiger partial charge in [0.25, 0.3) is 0 Å². The van der Waals surface area contributed by atoms with E-state index < -0.39 is 6.29 Å². The number of fused-ring (bicyclic) bond motifs is 1. The van der Waals surface area contributed by atoms with Crippen LogP contribution in [0.3, 0.4) is 0 Å². The molecular weight excluding hydrogens is 416 g/mol. The first kappa shape index (κ1) is 26.8. The van der Waals surface area contributed by atoms with Gasteiger partial charge in [0, 0.05) is 18.8 Å². The lowest BCUT2D eigenvalue weighted by Gasteiger charge is -2.19. The van der Waals surface area contributed by atoms with Crippen molar-refractivity contribution in [2.75, 3.05) is 72.9 Å². The Bertz CT molecular complexity index is 561. The molecule has 1 heterocycles. The molecule has 1 aromatic carbocycles. The minimum atomic E-state index is -0.543. The van der Waals surface area contributed by atoms with E-state index in [2.05, 4.69) is 13.8 Å². The molecule has 0 atom stereocenters. The summed E-state index contributed by atoms with van der Waals surface area (Å²) in [5, 5.41) is 0. The Kier molecular flexibility index (Phi) is 15.1. The van der Waals surface area contributed by atoms with E-state index in [0.717, 1.165) is 50.2 Å². The average molecular weight is 457 g/mol. The summed E-state index contributed by atoms with van der Waals surface area (Å²) in [4.78, 5) is 0. The average Bonchev–Trinajstić information content (AvgIpc) is 3.28. The molecule has 1 aromatic rings. The van der Waals surface area contributed by atoms with E-state index in [0.29, 0.717) is 58.6 Å². The highest BCUT2D eigenvalue weighted by atomic mass is 16.7. The van der Waals surface area contributed by atoms with Crippen molar-refractivity contribution < 1.29 is 37.9 Å². The standard InChI is InChI=1S/C24H40O8/c1-3-5-9-25-11-13-27-15-17-29-24(21-7-8-22-23(19-21)32-20-31-22)30-18-16-28-14-12-26-10-6-4-2/h7-8,19,24H,3-6,9-18,20H2,1-2H3. The van der Waals surface area contributed by atoms with E-state index in [9.17, 15) is 0 Å². The third kappa shape index (κ3) is 11.4. The number of benzene rings is 1. The molecule has 32 heavy (non-hydrogen) atoms. The van der Waals surface area contributed by atoms with E-state index in [1.807, 2.05) is 18.2 Å². The molecule has 8 nitrogen and oxygen atoms in total. The molecule has 0 radical (unpaired) electrons. The number of ether oxygens (including phenoxy) is 8. The molecule has 0 aromatic heterocycles. The van der Waals surface area contributed by atoms with E-state index in [1.165, 1.54) is 0 Å². The Morgan fingerprint density at radius 2 is 1.16 bits per heavy atom. The van der Waals surface area contributed by atoms with Crippen molar-refractivity contribution in [3.05, 3.63) is 23.8 Å². The molecule has 0 N–H and O–H groups in total. The van der Waals surface area contributed by atoms with Gasteiger partial charge in [0.05, 0.1) is 52.9 Å². The first-order chi connectivity index (χ1) is 15.8. The monoisotopic (exact) mass is 456 g/mol. The molecule has 0 amide bonds. The largest absolute Gasteiger partial charge is 0.454 e. The molecular formula is C24H40O8. The Morgan fingerprint density at radius 1 is 0.656 bits per heavy atom. The lowest BCUT2D eigenvalue weighted by Crippen LogP contribution is -2.17. The minimum Gasteiger partial charge on any atom is -0.454 e. The third-order valence-electron chi connectivity index (χ3n) is 4.69. The number of hydrogen-bond donors (Lipinski definition) is 0. The Hall–Kier alpha value is -1.42. The van der Waals surface area contributed by atoms with Crippen LogP contribution < -0.4 is 9.47 Å². The zero-order chi connectivity index (χ0) is 22.7. The van der Waals surface area contributed by atoms with Crippen molar-refractivity contribution in [3.8, 4) is 11.5 Å². The van der Waals surface area contributed by atoms with Crippen molar-refractivity contribution in [2.45, 2.75) is 45.8 Å². The summed E-state index contributed by atoms with van der Waals surface area (Å²) in [5.41, 5.74) is 0.861. The van der Waals surface area contributed by atoms with Crippen molar-refractivity contribution in [3.63, 3.8) is 0 Å². The van der Waals surface area contributed by atoms with Gasteiger partial charge in [-0.05, 0) is 31.0 Å². The van der Waals surface area contributed by atoms with Gasteiger partial charge in [-0.1, -0.05) is 26.7 Å². The predicted molar refractivity (Wildman–Crippen MR) is 120 cm³/mol. The highest BCUT2D eigenvalue weighted by Crippen LogP contribution is 2.35. The second kappa shape index (κ2) is 18.1. The maximum absolute atomic E-state index is 5.94. The Labute approximate surface area is 192 Å². The van der Waals surface area contributed by atoms with E-state index in [4.69, 9.17) is 37.9 Å². The van der Waals surface area contributed by atoms with Crippen LogP contribution in [0, 0.1) is 0 Å². The maximum atomic E-state index is 5.94. The van der Waals surface area contributed by atoms with Crippen molar-refractivity contribution in [2.24, 2.45) is 0 Å². The predicted octanol–water partition coefficient (Wildman–Crippen LogP) is 4.11. The molecule has 0 bridgehead atoms. The first-order valence-corrected chi connectivity index (χ1v) is 11.8. The molecule has 0 saturated carbocycles. The zero-order valence-corrected chi connectivity index (χ0v) is 19.7. The normalized spacial score (nSPS) is 12.7. The third-order valence-corrected chi connectivity index (χ3v) is 4.69. The van der Waals surface area contributed by atoms with E-state index in [1.54, 1.807) is 0 Å². The maximum Gasteiger partial charge on any atom is 0.231 e. The molecule has 1 aliphatic heterocycles. The number of unbranched alkanes of at least 4 members (excludes halogenated alkanes) is 2. The smallest absolute Gasteiger partial charge is 0.231 e. The molecule has 0 saturated heterocycles. The van der Waals surface area contributed by atoms with Crippen molar-refractivity contribution in [1.29, 1.82) is 0 Å². The summed E-state index contributed by atoms with van der Waals surface area (Å²) < 4.78 is 44.9. The fraction of sp³-hybridized carbons (Fsp3) is 0.750. The summed E-state index contributed by atoms with van der Waals surface area (Å²) in [6.45, 7) is 10.1. The lowest BCUT2D eigenvalue weighted by molar-refractivity contribution is -0.163. The Morgan fingerprint density at radius 3 is 1.72 bits per heavy atom. The van der Waals surface area contributed by atoms with Crippen LogP contribution in [0.5, 0.6) is 11.5 Å². The van der Waals surface area contributed by atoms with Gasteiger partial charge in [0.1, 0.15) is 0 Å². The van der Waals surface area contributed by atoms with Crippen LogP contribution in [0.2, 0.25) is 0 Å². The molecule has 0 spiro atoms. The fourth-order valence-corrected chi connectivity index (χ4v) is 2.87. The number of rotatable bonds is 21. The van der Waals surface area contributed by atoms with Gasteiger partial charge in [-0.2, -0.15) is 0 Å². The summed E-state index contributed by atoms with van der Waals surface area (Å²) in [6.07, 6.45) is 3.88. The molecule has 0 aliphatic carbocycles. The van der Waals surface area contributed by atoms with Crippen LogP contribution in [0.4, 0.5) is 0 Å². The second-order valence-corrected chi connectivity index (χ2v) is 7.34. The molecule has 184 valence electrons. The van der Waals surface area contributed by atoms with E-state index in [-0.39, 0.29) is 6.79 Å². The minimum absolute atomic E-state index is 0.230. The second-order valence-electron chi connectivity index (χ2n) is 7.34. The van der Waals surface area contributed by atoms with Gasteiger partial charge in [-0.15, -0.1) is 0 Å². The number of hydrogen-bond acceptors (Lipinski definition) is 8. The molecule has 1 aliphatic rings. The summed E-state index contributed by atoms with van der Waals surface area (Å²) in [6, 6.07) is 5.67. The zero-order valence-electron chi connectivity index (χ0n) is 19.7. The van der Waals surface area contributed by atoms with Gasteiger partial charge in [0.15, 0.2) is 17.8 Å². The Balaban J connectivity index is 1.66. The van der Waals surface area contributed by atoms with Gasteiger partial charge in [-0.25, -0.2) is 0 Å². The lowest BCUT2D eigenvalue weighted by atomic mass is 10.2. The van der Waals surface area contributed by atoms with E-state index >= 15 is 0 Å². The molecule has 2 rings (SSSR count). The van der Waals surface area contributed by atoms with Gasteiger partial charge >= 0.3 is 0 Å². The van der Waals surface area contributed by atoms with Gasteiger partial charge in [-0.3, -0.25) is 0 Å². The molecule has 0 fully saturated rings. The summed E-state index contributed by atoms with van der Waals surface area (Å²) in [5.74, 6) is 1.42. The van der Waals surface area contributed by atoms with Crippen LogP contribution in [0.1, 0.15) is 51.4 Å². The van der Waals surface area contributed by atoms with Crippen LogP contribution in [0.25, 0.3) is 0 Å². The van der Waals surface area contributed by atoms with Crippen LogP contribution in [0.15, 0.2) is 18.2 Å². The molecule has 0 unspecified atom stereocenters. The van der Waals surface area contributed by atoms with Crippen LogP contribution in [-0.2, 0) is 28.4 Å². The fourth-order valence-electron chi connectivity index (χ4n) is 2.87. The van der Waals surface area contributed by atoms with Crippen LogP contribution in [-0.4, -0.2) is 72.9 Å².